The molecule has 1 aliphatic carbocycles. The fraction of sp³-hybridized carbons (Fsp3) is 0.500. The van der Waals surface area contributed by atoms with Crippen molar-refractivity contribution in [1.82, 2.24) is 19.7 Å². The number of rotatable bonds is 5. The van der Waals surface area contributed by atoms with Crippen LogP contribution in [0.25, 0.3) is 0 Å². The molecule has 0 bridgehead atoms. The minimum absolute atomic E-state index is 0.0571. The zero-order valence-electron chi connectivity index (χ0n) is 14.5. The number of carbonyl (C=O) groups excluding carboxylic acids is 1. The number of amides is 1. The lowest BCUT2D eigenvalue weighted by atomic mass is 9.96. The fourth-order valence-electron chi connectivity index (χ4n) is 3.33. The quantitative estimate of drug-likeness (QED) is 0.729. The number of hydrogen-bond acceptors (Lipinski definition) is 4. The Morgan fingerprint density at radius 1 is 1.35 bits per heavy atom. The van der Waals surface area contributed by atoms with Gasteiger partial charge in [0.15, 0.2) is 0 Å². The summed E-state index contributed by atoms with van der Waals surface area (Å²) in [7, 11) is 1.90. The highest BCUT2D eigenvalue weighted by Crippen LogP contribution is 2.32. The fourth-order valence-corrected chi connectivity index (χ4v) is 3.77. The Bertz CT molecular complexity index is 835. The molecule has 2 aliphatic rings. The number of nitrogens with zero attached hydrogens (tertiary/aromatic N) is 4. The summed E-state index contributed by atoms with van der Waals surface area (Å²) in [6.45, 7) is 2.41. The summed E-state index contributed by atoms with van der Waals surface area (Å²) in [6, 6.07) is 1.49. The second kappa shape index (κ2) is 7.18. The van der Waals surface area contributed by atoms with Gasteiger partial charge >= 0.3 is 0 Å². The van der Waals surface area contributed by atoms with Gasteiger partial charge in [-0.15, -0.1) is 0 Å². The Balaban J connectivity index is 1.54. The van der Waals surface area contributed by atoms with Crippen LogP contribution < -0.4 is 0 Å². The number of carbonyl (C=O) groups is 1. The predicted octanol–water partition coefficient (Wildman–Crippen LogP) is 3.29. The number of ether oxygens (including phenoxy) is 1. The second-order valence-electron chi connectivity index (χ2n) is 7.06. The molecule has 2 aromatic heterocycles. The molecule has 1 saturated carbocycles. The normalized spacial score (nSPS) is 19.5. The van der Waals surface area contributed by atoms with Crippen LogP contribution in [0.3, 0.4) is 0 Å². The molecule has 0 saturated heterocycles. The van der Waals surface area contributed by atoms with Crippen molar-refractivity contribution in [2.75, 3.05) is 19.8 Å². The number of aryl methyl sites for hydroxylation is 1. The molecule has 4 rings (SSSR count). The van der Waals surface area contributed by atoms with Crippen molar-refractivity contribution in [2.24, 2.45) is 13.0 Å². The van der Waals surface area contributed by atoms with E-state index in [1.54, 1.807) is 9.58 Å². The average Bonchev–Trinajstić information content (AvgIpc) is 3.33. The Hall–Kier alpha value is -1.63. The van der Waals surface area contributed by atoms with Crippen molar-refractivity contribution >= 4 is 29.1 Å². The van der Waals surface area contributed by atoms with E-state index >= 15 is 0 Å². The standard InChI is InChI=1S/C18H20Cl2N4O2/c1-23-6-12-7-24(18(25)14-5-21-16(20)4-15(14)19)8-13(17(12)22-23)10-26-9-11-2-3-11/h4-6,11,13H,2-3,7-10H2,1H3. The third-order valence-electron chi connectivity index (χ3n) is 4.83. The molecule has 6 nitrogen and oxygen atoms in total. The molecule has 0 radical (unpaired) electrons. The zero-order chi connectivity index (χ0) is 18.3. The third kappa shape index (κ3) is 3.72. The highest BCUT2D eigenvalue weighted by atomic mass is 35.5. The minimum atomic E-state index is -0.152. The lowest BCUT2D eigenvalue weighted by molar-refractivity contribution is 0.0625. The maximum Gasteiger partial charge on any atom is 0.257 e. The van der Waals surface area contributed by atoms with Crippen molar-refractivity contribution < 1.29 is 9.53 Å². The largest absolute Gasteiger partial charge is 0.380 e. The average molecular weight is 395 g/mol. The van der Waals surface area contributed by atoms with E-state index in [9.17, 15) is 4.79 Å². The second-order valence-corrected chi connectivity index (χ2v) is 7.86. The van der Waals surface area contributed by atoms with Gasteiger partial charge in [-0.3, -0.25) is 9.48 Å². The van der Waals surface area contributed by atoms with E-state index in [4.69, 9.17) is 27.9 Å². The Labute approximate surface area is 162 Å². The van der Waals surface area contributed by atoms with Crippen molar-refractivity contribution in [1.29, 1.82) is 0 Å². The van der Waals surface area contributed by atoms with Crippen LogP contribution in [0.15, 0.2) is 18.5 Å². The monoisotopic (exact) mass is 394 g/mol. The maximum absolute atomic E-state index is 13.0. The van der Waals surface area contributed by atoms with Crippen molar-refractivity contribution in [3.63, 3.8) is 0 Å². The summed E-state index contributed by atoms with van der Waals surface area (Å²) >= 11 is 12.0. The molecule has 3 heterocycles. The first-order chi connectivity index (χ1) is 12.5. The molecule has 1 amide bonds. The Morgan fingerprint density at radius 3 is 2.88 bits per heavy atom. The highest BCUT2D eigenvalue weighted by Gasteiger charge is 2.32. The van der Waals surface area contributed by atoms with Gasteiger partial charge in [0, 0.05) is 50.6 Å². The Morgan fingerprint density at radius 2 is 2.15 bits per heavy atom. The number of hydrogen-bond donors (Lipinski definition) is 0. The maximum atomic E-state index is 13.0. The SMILES string of the molecule is Cn1cc2c(n1)C(COCC1CC1)CN(C(=O)c1cnc(Cl)cc1Cl)C2. The van der Waals surface area contributed by atoms with Crippen LogP contribution >= 0.6 is 23.2 Å². The van der Waals surface area contributed by atoms with Crippen LogP contribution in [0, 0.1) is 5.92 Å². The number of pyridine rings is 1. The molecule has 1 atom stereocenters. The summed E-state index contributed by atoms with van der Waals surface area (Å²) < 4.78 is 7.69. The molecule has 1 unspecified atom stereocenters. The molecule has 0 N–H and O–H groups in total. The summed E-state index contributed by atoms with van der Waals surface area (Å²) in [5.41, 5.74) is 2.43. The van der Waals surface area contributed by atoms with Crippen LogP contribution in [0.4, 0.5) is 0 Å². The first-order valence-electron chi connectivity index (χ1n) is 8.71. The van der Waals surface area contributed by atoms with Crippen LogP contribution in [0.5, 0.6) is 0 Å². The van der Waals surface area contributed by atoms with E-state index in [0.717, 1.165) is 17.9 Å². The topological polar surface area (TPSA) is 60.2 Å². The number of halogens is 2. The van der Waals surface area contributed by atoms with Crippen LogP contribution in [0.1, 0.15) is 40.4 Å². The summed E-state index contributed by atoms with van der Waals surface area (Å²) in [5.74, 6) is 0.612. The van der Waals surface area contributed by atoms with Gasteiger partial charge in [0.1, 0.15) is 5.15 Å². The molecule has 0 aromatic carbocycles. The molecular weight excluding hydrogens is 375 g/mol. The van der Waals surface area contributed by atoms with Gasteiger partial charge in [-0.1, -0.05) is 23.2 Å². The van der Waals surface area contributed by atoms with Crippen molar-refractivity contribution in [3.05, 3.63) is 45.5 Å². The highest BCUT2D eigenvalue weighted by molar-refractivity contribution is 6.36. The van der Waals surface area contributed by atoms with E-state index in [0.29, 0.717) is 36.2 Å². The van der Waals surface area contributed by atoms with Crippen molar-refractivity contribution in [2.45, 2.75) is 25.3 Å². The molecular formula is C18H20Cl2N4O2. The van der Waals surface area contributed by atoms with Crippen LogP contribution in [0.2, 0.25) is 10.2 Å². The van der Waals surface area contributed by atoms with Crippen molar-refractivity contribution in [3.8, 4) is 0 Å². The van der Waals surface area contributed by atoms with E-state index in [1.807, 2.05) is 13.2 Å². The zero-order valence-corrected chi connectivity index (χ0v) is 16.0. The van der Waals surface area contributed by atoms with E-state index in [2.05, 4.69) is 10.1 Å². The van der Waals surface area contributed by atoms with Gasteiger partial charge in [-0.25, -0.2) is 4.98 Å². The molecule has 1 aliphatic heterocycles. The van der Waals surface area contributed by atoms with Gasteiger partial charge in [-0.2, -0.15) is 5.10 Å². The van der Waals surface area contributed by atoms with Gasteiger partial charge < -0.3 is 9.64 Å². The van der Waals surface area contributed by atoms with E-state index < -0.39 is 0 Å². The molecule has 138 valence electrons. The summed E-state index contributed by atoms with van der Waals surface area (Å²) in [6.07, 6.45) is 5.91. The third-order valence-corrected chi connectivity index (χ3v) is 5.35. The van der Waals surface area contributed by atoms with Crippen LogP contribution in [-0.2, 0) is 18.3 Å². The first kappa shape index (κ1) is 17.8. The van der Waals surface area contributed by atoms with Gasteiger partial charge in [0.05, 0.1) is 22.9 Å². The molecule has 26 heavy (non-hydrogen) atoms. The molecule has 1 fully saturated rings. The van der Waals surface area contributed by atoms with E-state index in [-0.39, 0.29) is 17.0 Å². The Kier molecular flexibility index (Phi) is 4.90. The van der Waals surface area contributed by atoms with Gasteiger partial charge in [-0.05, 0) is 24.8 Å². The minimum Gasteiger partial charge on any atom is -0.380 e. The van der Waals surface area contributed by atoms with Crippen LogP contribution in [-0.4, -0.2) is 45.3 Å². The number of aromatic nitrogens is 3. The summed E-state index contributed by atoms with van der Waals surface area (Å²) in [4.78, 5) is 18.8. The van der Waals surface area contributed by atoms with Gasteiger partial charge in [0.25, 0.3) is 5.91 Å². The number of fused-ring (bicyclic) bond motifs is 1. The smallest absolute Gasteiger partial charge is 0.257 e. The lowest BCUT2D eigenvalue weighted by Crippen LogP contribution is -2.39. The lowest BCUT2D eigenvalue weighted by Gasteiger charge is -2.32. The summed E-state index contributed by atoms with van der Waals surface area (Å²) in [5, 5.41) is 5.17. The molecule has 0 spiro atoms. The first-order valence-corrected chi connectivity index (χ1v) is 9.47. The predicted molar refractivity (Wildman–Crippen MR) is 98.5 cm³/mol. The van der Waals surface area contributed by atoms with E-state index in [1.165, 1.54) is 25.1 Å². The molecule has 8 heteroatoms. The molecule has 2 aromatic rings. The van der Waals surface area contributed by atoms with Gasteiger partial charge in [0.2, 0.25) is 0 Å².